The molecular weight excluding hydrogens is 298 g/mol. The van der Waals surface area contributed by atoms with Gasteiger partial charge in [-0.1, -0.05) is 13.0 Å². The Bertz CT molecular complexity index is 549. The predicted molar refractivity (Wildman–Crippen MR) is 76.5 cm³/mol. The zero-order valence-electron chi connectivity index (χ0n) is 11.4. The van der Waals surface area contributed by atoms with E-state index in [1.54, 1.807) is 25.1 Å². The maximum absolute atomic E-state index is 11.1. The first-order valence-electron chi connectivity index (χ1n) is 6.41. The normalized spacial score (nSPS) is 15.5. The molecule has 0 radical (unpaired) electrons. The molecule has 7 nitrogen and oxygen atoms in total. The number of hydrogen-bond acceptors (Lipinski definition) is 6. The van der Waals surface area contributed by atoms with E-state index in [4.69, 9.17) is 14.6 Å². The molecule has 1 aromatic rings. The van der Waals surface area contributed by atoms with E-state index in [1.807, 2.05) is 0 Å². The van der Waals surface area contributed by atoms with E-state index in [9.17, 15) is 14.9 Å². The Morgan fingerprint density at radius 3 is 2.81 bits per heavy atom. The first-order chi connectivity index (χ1) is 10.0. The topological polar surface area (TPSA) is 98.9 Å². The molecule has 1 heterocycles. The van der Waals surface area contributed by atoms with Crippen LogP contribution < -0.4 is 9.47 Å². The van der Waals surface area contributed by atoms with E-state index < -0.39 is 21.4 Å². The van der Waals surface area contributed by atoms with Crippen LogP contribution in [0.1, 0.15) is 24.2 Å². The summed E-state index contributed by atoms with van der Waals surface area (Å²) in [4.78, 5) is 21.5. The number of carboxylic acid groups (broad SMARTS) is 1. The Kier molecular flexibility index (Phi) is 4.89. The Morgan fingerprint density at radius 1 is 1.48 bits per heavy atom. The van der Waals surface area contributed by atoms with Gasteiger partial charge in [-0.25, -0.2) is 0 Å². The van der Waals surface area contributed by atoms with Crippen LogP contribution >= 0.6 is 11.8 Å². The molecule has 2 atom stereocenters. The van der Waals surface area contributed by atoms with Gasteiger partial charge in [-0.05, 0) is 24.1 Å². The number of ether oxygens (including phenoxy) is 2. The average Bonchev–Trinajstić information content (AvgIpc) is 2.89. The minimum Gasteiger partial charge on any atom is -0.480 e. The summed E-state index contributed by atoms with van der Waals surface area (Å²) in [5.41, 5.74) is 0.667. The maximum Gasteiger partial charge on any atom is 0.316 e. The summed E-state index contributed by atoms with van der Waals surface area (Å²) >= 11 is 1.09. The largest absolute Gasteiger partial charge is 0.480 e. The van der Waals surface area contributed by atoms with Crippen LogP contribution in [0.5, 0.6) is 11.5 Å². The van der Waals surface area contributed by atoms with Crippen LogP contribution in [0.2, 0.25) is 0 Å². The van der Waals surface area contributed by atoms with Gasteiger partial charge >= 0.3 is 5.97 Å². The summed E-state index contributed by atoms with van der Waals surface area (Å²) in [6.07, 6.45) is 0.402. The molecule has 2 unspecified atom stereocenters. The van der Waals surface area contributed by atoms with Crippen molar-refractivity contribution >= 4 is 17.7 Å². The van der Waals surface area contributed by atoms with E-state index >= 15 is 0 Å². The molecule has 1 N–H and O–H groups in total. The predicted octanol–water partition coefficient (Wildman–Crippen LogP) is 2.33. The van der Waals surface area contributed by atoms with Crippen molar-refractivity contribution in [3.63, 3.8) is 0 Å². The highest BCUT2D eigenvalue weighted by molar-refractivity contribution is 8.00. The summed E-state index contributed by atoms with van der Waals surface area (Å²) in [5.74, 6) is 0.162. The van der Waals surface area contributed by atoms with Gasteiger partial charge in [0.1, 0.15) is 5.25 Å². The number of nitro groups is 1. The summed E-state index contributed by atoms with van der Waals surface area (Å²) in [7, 11) is 0. The van der Waals surface area contributed by atoms with Crippen LogP contribution in [0, 0.1) is 10.1 Å². The van der Waals surface area contributed by atoms with E-state index in [0.717, 1.165) is 11.8 Å². The Hall–Kier alpha value is -1.96. The maximum atomic E-state index is 11.1. The minimum absolute atomic E-state index is 0.124. The second-order valence-electron chi connectivity index (χ2n) is 4.49. The molecule has 2 rings (SSSR count). The van der Waals surface area contributed by atoms with Gasteiger partial charge in [-0.15, -0.1) is 11.8 Å². The van der Waals surface area contributed by atoms with Crippen LogP contribution in [0.25, 0.3) is 0 Å². The highest BCUT2D eigenvalue weighted by atomic mass is 32.2. The SMILES string of the molecule is CCC(SC(C[N+](=O)[O-])c1ccc2c(c1)OCO2)C(=O)O. The van der Waals surface area contributed by atoms with Crippen molar-refractivity contribution in [3.8, 4) is 11.5 Å². The number of nitrogens with zero attached hydrogens (tertiary/aromatic N) is 1. The summed E-state index contributed by atoms with van der Waals surface area (Å²) in [6, 6.07) is 5.08. The van der Waals surface area contributed by atoms with Crippen molar-refractivity contribution in [1.29, 1.82) is 0 Å². The van der Waals surface area contributed by atoms with Gasteiger partial charge in [0.15, 0.2) is 11.5 Å². The van der Waals surface area contributed by atoms with E-state index in [2.05, 4.69) is 0 Å². The second-order valence-corrected chi connectivity index (χ2v) is 5.90. The van der Waals surface area contributed by atoms with Crippen LogP contribution in [-0.2, 0) is 4.79 Å². The molecule has 0 aliphatic carbocycles. The molecule has 114 valence electrons. The van der Waals surface area contributed by atoms with Gasteiger partial charge in [0.05, 0.1) is 5.25 Å². The standard InChI is InChI=1S/C13H15NO6S/c1-2-11(13(15)16)21-12(6-14(17)18)8-3-4-9-10(5-8)20-7-19-9/h3-5,11-12H,2,6-7H2,1H3,(H,15,16). The van der Waals surface area contributed by atoms with E-state index in [-0.39, 0.29) is 13.3 Å². The summed E-state index contributed by atoms with van der Waals surface area (Å²) < 4.78 is 10.5. The number of fused-ring (bicyclic) bond motifs is 1. The third kappa shape index (κ3) is 3.78. The van der Waals surface area contributed by atoms with Crippen molar-refractivity contribution in [1.82, 2.24) is 0 Å². The van der Waals surface area contributed by atoms with Gasteiger partial charge in [-0.2, -0.15) is 0 Å². The molecule has 0 spiro atoms. The van der Waals surface area contributed by atoms with Crippen LogP contribution in [0.15, 0.2) is 18.2 Å². The van der Waals surface area contributed by atoms with Crippen molar-refractivity contribution in [2.24, 2.45) is 0 Å². The highest BCUT2D eigenvalue weighted by Crippen LogP contribution is 2.39. The third-order valence-corrected chi connectivity index (χ3v) is 4.67. The molecule has 1 aliphatic heterocycles. The fraction of sp³-hybridized carbons (Fsp3) is 0.462. The highest BCUT2D eigenvalue weighted by Gasteiger charge is 2.28. The zero-order valence-corrected chi connectivity index (χ0v) is 12.2. The molecule has 1 aromatic carbocycles. The first-order valence-corrected chi connectivity index (χ1v) is 7.35. The van der Waals surface area contributed by atoms with E-state index in [0.29, 0.717) is 23.5 Å². The number of thioether (sulfide) groups is 1. The summed E-state index contributed by atoms with van der Waals surface area (Å²) in [5, 5.41) is 18.7. The minimum atomic E-state index is -0.961. The molecule has 0 fully saturated rings. The van der Waals surface area contributed by atoms with E-state index in [1.165, 1.54) is 0 Å². The number of benzene rings is 1. The van der Waals surface area contributed by atoms with Gasteiger partial charge in [0, 0.05) is 4.92 Å². The quantitative estimate of drug-likeness (QED) is 0.609. The number of aliphatic carboxylic acids is 1. The lowest BCUT2D eigenvalue weighted by Gasteiger charge is -2.17. The Balaban J connectivity index is 2.22. The van der Waals surface area contributed by atoms with Crippen LogP contribution in [0.3, 0.4) is 0 Å². The zero-order chi connectivity index (χ0) is 15.4. The molecule has 1 aliphatic rings. The Morgan fingerprint density at radius 2 is 2.19 bits per heavy atom. The molecule has 0 amide bonds. The molecule has 21 heavy (non-hydrogen) atoms. The molecule has 8 heteroatoms. The van der Waals surface area contributed by atoms with Crippen molar-refractivity contribution < 1.29 is 24.3 Å². The monoisotopic (exact) mass is 313 g/mol. The fourth-order valence-electron chi connectivity index (χ4n) is 2.00. The molecule has 0 saturated heterocycles. The van der Waals surface area contributed by atoms with Gasteiger partial charge in [0.2, 0.25) is 13.3 Å². The van der Waals surface area contributed by atoms with Gasteiger partial charge in [-0.3, -0.25) is 14.9 Å². The van der Waals surface area contributed by atoms with Crippen molar-refractivity contribution in [2.75, 3.05) is 13.3 Å². The Labute approximate surface area is 125 Å². The third-order valence-electron chi connectivity index (χ3n) is 3.06. The number of hydrogen-bond donors (Lipinski definition) is 1. The van der Waals surface area contributed by atoms with Crippen molar-refractivity contribution in [3.05, 3.63) is 33.9 Å². The van der Waals surface area contributed by atoms with Gasteiger partial charge < -0.3 is 14.6 Å². The van der Waals surface area contributed by atoms with Crippen LogP contribution in [-0.4, -0.2) is 34.6 Å². The van der Waals surface area contributed by atoms with Crippen LogP contribution in [0.4, 0.5) is 0 Å². The van der Waals surface area contributed by atoms with Crippen molar-refractivity contribution in [2.45, 2.75) is 23.8 Å². The molecule has 0 bridgehead atoms. The fourth-order valence-corrected chi connectivity index (χ4v) is 3.22. The smallest absolute Gasteiger partial charge is 0.316 e. The van der Waals surface area contributed by atoms with Gasteiger partial charge in [0.25, 0.3) is 0 Å². The first kappa shape index (κ1) is 15.4. The lowest BCUT2D eigenvalue weighted by Crippen LogP contribution is -2.20. The second kappa shape index (κ2) is 6.66. The number of rotatable bonds is 7. The molecular formula is C13H15NO6S. The summed E-state index contributed by atoms with van der Waals surface area (Å²) in [6.45, 7) is 1.53. The molecule has 0 aromatic heterocycles. The average molecular weight is 313 g/mol. The molecule has 0 saturated carbocycles. The number of carboxylic acids is 1. The number of carbonyl (C=O) groups is 1. The lowest BCUT2D eigenvalue weighted by molar-refractivity contribution is -0.479. The lowest BCUT2D eigenvalue weighted by atomic mass is 10.1.